The van der Waals surface area contributed by atoms with Crippen LogP contribution in [-0.4, -0.2) is 30.5 Å². The van der Waals surface area contributed by atoms with Gasteiger partial charge in [-0.1, -0.05) is 0 Å². The van der Waals surface area contributed by atoms with Crippen molar-refractivity contribution in [3.05, 3.63) is 65.2 Å². The number of amides is 2. The standard InChI is InChI=1S/C20H19N3O4S/c1-3-27-16-10-6-14(7-11-16)21-19(25)17-12-28-20(22-17)23-18(24)13-4-8-15(26-2)9-5-13/h4-12H,3H2,1-2H3,(H,21,25)(H,22,23,24). The first-order valence-electron chi connectivity index (χ1n) is 8.54. The van der Waals surface area contributed by atoms with Gasteiger partial charge in [0.1, 0.15) is 17.2 Å². The van der Waals surface area contributed by atoms with Crippen LogP contribution in [0.4, 0.5) is 10.8 Å². The summed E-state index contributed by atoms with van der Waals surface area (Å²) in [7, 11) is 1.56. The number of nitrogens with one attached hydrogen (secondary N) is 2. The van der Waals surface area contributed by atoms with Gasteiger partial charge in [-0.25, -0.2) is 4.98 Å². The molecule has 0 unspecified atom stereocenters. The van der Waals surface area contributed by atoms with Crippen molar-refractivity contribution in [2.45, 2.75) is 6.92 Å². The van der Waals surface area contributed by atoms with E-state index in [1.165, 1.54) is 11.3 Å². The van der Waals surface area contributed by atoms with Gasteiger partial charge in [-0.05, 0) is 55.5 Å². The number of ether oxygens (including phenoxy) is 2. The highest BCUT2D eigenvalue weighted by atomic mass is 32.1. The van der Waals surface area contributed by atoms with Crippen LogP contribution in [0.1, 0.15) is 27.8 Å². The molecule has 7 nitrogen and oxygen atoms in total. The fraction of sp³-hybridized carbons (Fsp3) is 0.150. The zero-order valence-corrected chi connectivity index (χ0v) is 16.2. The summed E-state index contributed by atoms with van der Waals surface area (Å²) in [6.45, 7) is 2.48. The number of rotatable bonds is 7. The van der Waals surface area contributed by atoms with E-state index >= 15 is 0 Å². The summed E-state index contributed by atoms with van der Waals surface area (Å²) in [6.07, 6.45) is 0. The molecule has 0 aliphatic heterocycles. The van der Waals surface area contributed by atoms with Crippen LogP contribution >= 0.6 is 11.3 Å². The van der Waals surface area contributed by atoms with Gasteiger partial charge in [-0.15, -0.1) is 11.3 Å². The third-order valence-electron chi connectivity index (χ3n) is 3.73. The summed E-state index contributed by atoms with van der Waals surface area (Å²) in [5, 5.41) is 7.38. The van der Waals surface area contributed by atoms with E-state index in [9.17, 15) is 9.59 Å². The van der Waals surface area contributed by atoms with E-state index < -0.39 is 0 Å². The number of carbonyl (C=O) groups excluding carboxylic acids is 2. The fourth-order valence-electron chi connectivity index (χ4n) is 2.34. The molecule has 0 aliphatic carbocycles. The van der Waals surface area contributed by atoms with Gasteiger partial charge in [-0.3, -0.25) is 14.9 Å². The van der Waals surface area contributed by atoms with Gasteiger partial charge in [0, 0.05) is 16.6 Å². The van der Waals surface area contributed by atoms with Gasteiger partial charge in [0.05, 0.1) is 13.7 Å². The Hall–Kier alpha value is -3.39. The summed E-state index contributed by atoms with van der Waals surface area (Å²) in [4.78, 5) is 28.8. The monoisotopic (exact) mass is 397 g/mol. The number of hydrogen-bond donors (Lipinski definition) is 2. The summed E-state index contributed by atoms with van der Waals surface area (Å²) in [6, 6.07) is 13.8. The van der Waals surface area contributed by atoms with Crippen LogP contribution in [0, 0.1) is 0 Å². The molecule has 1 aromatic heterocycles. The van der Waals surface area contributed by atoms with Gasteiger partial charge in [0.2, 0.25) is 0 Å². The molecular formula is C20H19N3O4S. The van der Waals surface area contributed by atoms with Crippen LogP contribution in [0.15, 0.2) is 53.9 Å². The number of nitrogens with zero attached hydrogens (tertiary/aromatic N) is 1. The summed E-state index contributed by atoms with van der Waals surface area (Å²) in [5.74, 6) is 0.734. The van der Waals surface area contributed by atoms with Gasteiger partial charge in [0.25, 0.3) is 11.8 Å². The largest absolute Gasteiger partial charge is 0.497 e. The minimum absolute atomic E-state index is 0.226. The first kappa shape index (κ1) is 19.4. The maximum absolute atomic E-state index is 12.3. The molecule has 2 aromatic carbocycles. The van der Waals surface area contributed by atoms with E-state index in [1.54, 1.807) is 61.0 Å². The van der Waals surface area contributed by atoms with Gasteiger partial charge >= 0.3 is 0 Å². The normalized spacial score (nSPS) is 10.2. The van der Waals surface area contributed by atoms with E-state index in [0.717, 1.165) is 5.75 Å². The molecule has 3 rings (SSSR count). The lowest BCUT2D eigenvalue weighted by Gasteiger charge is -2.06. The van der Waals surface area contributed by atoms with E-state index in [2.05, 4.69) is 15.6 Å². The molecule has 3 aromatic rings. The lowest BCUT2D eigenvalue weighted by molar-refractivity contribution is 0.101. The Labute approximate surface area is 166 Å². The smallest absolute Gasteiger partial charge is 0.275 e. The Morgan fingerprint density at radius 2 is 1.64 bits per heavy atom. The summed E-state index contributed by atoms with van der Waals surface area (Å²) >= 11 is 1.18. The number of carbonyl (C=O) groups is 2. The van der Waals surface area contributed by atoms with E-state index in [-0.39, 0.29) is 17.5 Å². The second kappa shape index (κ2) is 9.01. The van der Waals surface area contributed by atoms with Crippen LogP contribution in [0.2, 0.25) is 0 Å². The molecule has 0 spiro atoms. The zero-order chi connectivity index (χ0) is 19.9. The molecule has 0 atom stereocenters. The number of methoxy groups -OCH3 is 1. The second-order valence-electron chi connectivity index (χ2n) is 5.63. The predicted octanol–water partition coefficient (Wildman–Crippen LogP) is 4.06. The topological polar surface area (TPSA) is 89.6 Å². The molecule has 2 N–H and O–H groups in total. The molecule has 28 heavy (non-hydrogen) atoms. The van der Waals surface area contributed by atoms with Crippen LogP contribution in [0.5, 0.6) is 11.5 Å². The van der Waals surface area contributed by atoms with Crippen LogP contribution in [0.3, 0.4) is 0 Å². The van der Waals surface area contributed by atoms with Crippen molar-refractivity contribution < 1.29 is 19.1 Å². The molecule has 0 saturated heterocycles. The van der Waals surface area contributed by atoms with Gasteiger partial charge in [-0.2, -0.15) is 0 Å². The van der Waals surface area contributed by atoms with Crippen molar-refractivity contribution in [2.24, 2.45) is 0 Å². The fourth-order valence-corrected chi connectivity index (χ4v) is 3.03. The Bertz CT molecular complexity index is 952. The molecule has 0 bridgehead atoms. The SMILES string of the molecule is CCOc1ccc(NC(=O)c2csc(NC(=O)c3ccc(OC)cc3)n2)cc1. The first-order chi connectivity index (χ1) is 13.6. The summed E-state index contributed by atoms with van der Waals surface area (Å²) in [5.41, 5.74) is 1.32. The van der Waals surface area contributed by atoms with Crippen molar-refractivity contribution in [1.82, 2.24) is 4.98 Å². The van der Waals surface area contributed by atoms with Crippen molar-refractivity contribution in [3.8, 4) is 11.5 Å². The van der Waals surface area contributed by atoms with Crippen molar-refractivity contribution in [2.75, 3.05) is 24.4 Å². The highest BCUT2D eigenvalue weighted by Gasteiger charge is 2.14. The number of anilines is 2. The summed E-state index contributed by atoms with van der Waals surface area (Å²) < 4.78 is 10.4. The highest BCUT2D eigenvalue weighted by Crippen LogP contribution is 2.20. The molecule has 0 saturated carbocycles. The van der Waals surface area contributed by atoms with Crippen LogP contribution < -0.4 is 20.1 Å². The minimum atomic E-state index is -0.356. The van der Waals surface area contributed by atoms with E-state index in [4.69, 9.17) is 9.47 Å². The van der Waals surface area contributed by atoms with Crippen molar-refractivity contribution >= 4 is 34.0 Å². The third-order valence-corrected chi connectivity index (χ3v) is 4.49. The molecule has 1 heterocycles. The first-order valence-corrected chi connectivity index (χ1v) is 9.42. The van der Waals surface area contributed by atoms with Crippen LogP contribution in [0.25, 0.3) is 0 Å². The zero-order valence-electron chi connectivity index (χ0n) is 15.4. The average molecular weight is 397 g/mol. The maximum Gasteiger partial charge on any atom is 0.275 e. The molecule has 8 heteroatoms. The predicted molar refractivity (Wildman–Crippen MR) is 109 cm³/mol. The molecule has 0 fully saturated rings. The van der Waals surface area contributed by atoms with Crippen LogP contribution in [-0.2, 0) is 0 Å². The minimum Gasteiger partial charge on any atom is -0.497 e. The number of thiazole rings is 1. The van der Waals surface area contributed by atoms with Crippen molar-refractivity contribution in [3.63, 3.8) is 0 Å². The Balaban J connectivity index is 1.60. The molecule has 144 valence electrons. The van der Waals surface area contributed by atoms with Crippen molar-refractivity contribution in [1.29, 1.82) is 0 Å². The Kier molecular flexibility index (Phi) is 6.23. The third kappa shape index (κ3) is 4.86. The van der Waals surface area contributed by atoms with Gasteiger partial charge < -0.3 is 14.8 Å². The lowest BCUT2D eigenvalue weighted by Crippen LogP contribution is -2.14. The Morgan fingerprint density at radius 3 is 2.29 bits per heavy atom. The number of benzene rings is 2. The maximum atomic E-state index is 12.3. The average Bonchev–Trinajstić information content (AvgIpc) is 3.18. The number of hydrogen-bond acceptors (Lipinski definition) is 6. The molecule has 0 aliphatic rings. The quantitative estimate of drug-likeness (QED) is 0.628. The lowest BCUT2D eigenvalue weighted by atomic mass is 10.2. The molecule has 2 amide bonds. The van der Waals surface area contributed by atoms with E-state index in [1.807, 2.05) is 6.92 Å². The molecule has 0 radical (unpaired) electrons. The Morgan fingerprint density at radius 1 is 0.964 bits per heavy atom. The highest BCUT2D eigenvalue weighted by molar-refractivity contribution is 7.14. The molecular weight excluding hydrogens is 378 g/mol. The van der Waals surface area contributed by atoms with E-state index in [0.29, 0.717) is 28.7 Å². The second-order valence-corrected chi connectivity index (χ2v) is 6.49. The number of aromatic nitrogens is 1. The van der Waals surface area contributed by atoms with Gasteiger partial charge in [0.15, 0.2) is 5.13 Å².